The van der Waals surface area contributed by atoms with Crippen molar-refractivity contribution in [3.05, 3.63) is 66.2 Å². The second-order valence-electron chi connectivity index (χ2n) is 8.34. The third-order valence-electron chi connectivity index (χ3n) is 6.15. The summed E-state index contributed by atoms with van der Waals surface area (Å²) in [7, 11) is 0. The van der Waals surface area contributed by atoms with Crippen molar-refractivity contribution in [3.63, 3.8) is 0 Å². The van der Waals surface area contributed by atoms with Gasteiger partial charge in [-0.1, -0.05) is 48.5 Å². The Morgan fingerprint density at radius 2 is 1.55 bits per heavy atom. The fourth-order valence-corrected chi connectivity index (χ4v) is 4.19. The highest BCUT2D eigenvalue weighted by atomic mass is 16.2. The van der Waals surface area contributed by atoms with E-state index in [1.807, 2.05) is 48.5 Å². The number of imide groups is 1. The van der Waals surface area contributed by atoms with Crippen LogP contribution < -0.4 is 10.2 Å². The highest BCUT2D eigenvalue weighted by molar-refractivity contribution is 6.08. The molecule has 2 aromatic carbocycles. The molecular weight excluding hydrogens is 392 g/mol. The zero-order valence-electron chi connectivity index (χ0n) is 17.8. The topological polar surface area (TPSA) is 73.0 Å². The predicted molar refractivity (Wildman–Crippen MR) is 119 cm³/mol. The number of carbonyl (C=O) groups is 3. The zero-order chi connectivity index (χ0) is 21.8. The molecule has 0 aliphatic carbocycles. The lowest BCUT2D eigenvalue weighted by Gasteiger charge is -2.36. The monoisotopic (exact) mass is 420 g/mol. The number of rotatable bonds is 6. The Morgan fingerprint density at radius 1 is 0.935 bits per heavy atom. The minimum absolute atomic E-state index is 0.191. The van der Waals surface area contributed by atoms with Crippen molar-refractivity contribution in [3.8, 4) is 0 Å². The molecule has 2 saturated heterocycles. The van der Waals surface area contributed by atoms with Crippen molar-refractivity contribution in [1.82, 2.24) is 15.1 Å². The Hall–Kier alpha value is -3.35. The van der Waals surface area contributed by atoms with Crippen LogP contribution in [-0.4, -0.2) is 65.9 Å². The number of amides is 4. The molecule has 162 valence electrons. The highest BCUT2D eigenvalue weighted by Gasteiger charge is 2.48. The van der Waals surface area contributed by atoms with Crippen LogP contribution in [0.3, 0.4) is 0 Å². The maximum atomic E-state index is 13.0. The molecule has 1 N–H and O–H groups in total. The summed E-state index contributed by atoms with van der Waals surface area (Å²) < 4.78 is 0. The molecule has 1 atom stereocenters. The third-order valence-corrected chi connectivity index (χ3v) is 6.15. The summed E-state index contributed by atoms with van der Waals surface area (Å²) in [6.45, 7) is 4.12. The summed E-state index contributed by atoms with van der Waals surface area (Å²) in [6.07, 6.45) is 1.16. The van der Waals surface area contributed by atoms with Crippen LogP contribution in [0.15, 0.2) is 60.7 Å². The second kappa shape index (κ2) is 8.79. The standard InChI is InChI=1S/C24H28N4O3/c1-24(13-12-19-8-4-2-5-9-19)22(30)28(23(31)25-24)18-21(29)27-16-14-26(15-17-27)20-10-6-3-7-11-20/h2-11H,12-18H2,1H3,(H,25,31)/t24-/m0/s1. The van der Waals surface area contributed by atoms with Crippen LogP contribution in [0.1, 0.15) is 18.9 Å². The maximum absolute atomic E-state index is 13.0. The summed E-state index contributed by atoms with van der Waals surface area (Å²) in [5.74, 6) is -0.520. The Labute approximate surface area is 182 Å². The Kier molecular flexibility index (Phi) is 5.93. The number of nitrogens with one attached hydrogen (secondary N) is 1. The summed E-state index contributed by atoms with van der Waals surface area (Å²) in [6, 6.07) is 19.5. The molecule has 4 amide bonds. The van der Waals surface area contributed by atoms with Gasteiger partial charge in [-0.3, -0.25) is 14.5 Å². The van der Waals surface area contributed by atoms with E-state index in [1.54, 1.807) is 11.8 Å². The van der Waals surface area contributed by atoms with Gasteiger partial charge in [-0.2, -0.15) is 0 Å². The SMILES string of the molecule is C[C@@]1(CCc2ccccc2)NC(=O)N(CC(=O)N2CCN(c3ccccc3)CC2)C1=O. The quantitative estimate of drug-likeness (QED) is 0.728. The van der Waals surface area contributed by atoms with Gasteiger partial charge in [0.2, 0.25) is 5.91 Å². The van der Waals surface area contributed by atoms with Crippen molar-refractivity contribution < 1.29 is 14.4 Å². The Morgan fingerprint density at radius 3 is 2.19 bits per heavy atom. The maximum Gasteiger partial charge on any atom is 0.325 e. The molecule has 4 rings (SSSR count). The van der Waals surface area contributed by atoms with Gasteiger partial charge in [-0.05, 0) is 37.5 Å². The summed E-state index contributed by atoms with van der Waals surface area (Å²) >= 11 is 0. The minimum Gasteiger partial charge on any atom is -0.368 e. The Bertz CT molecular complexity index is 942. The molecule has 0 saturated carbocycles. The van der Waals surface area contributed by atoms with E-state index in [-0.39, 0.29) is 18.4 Å². The average Bonchev–Trinajstić information content (AvgIpc) is 3.02. The molecule has 7 nitrogen and oxygen atoms in total. The number of benzene rings is 2. The van der Waals surface area contributed by atoms with E-state index in [0.717, 1.165) is 29.2 Å². The molecule has 2 fully saturated rings. The number of anilines is 1. The van der Waals surface area contributed by atoms with E-state index in [4.69, 9.17) is 0 Å². The van der Waals surface area contributed by atoms with Crippen LogP contribution in [-0.2, 0) is 16.0 Å². The number of nitrogens with zero attached hydrogens (tertiary/aromatic N) is 3. The second-order valence-corrected chi connectivity index (χ2v) is 8.34. The van der Waals surface area contributed by atoms with Crippen molar-refractivity contribution in [2.75, 3.05) is 37.6 Å². The first-order valence-electron chi connectivity index (χ1n) is 10.7. The lowest BCUT2D eigenvalue weighted by Crippen LogP contribution is -2.52. The van der Waals surface area contributed by atoms with Gasteiger partial charge in [-0.25, -0.2) is 4.79 Å². The summed E-state index contributed by atoms with van der Waals surface area (Å²) in [5, 5.41) is 2.80. The largest absolute Gasteiger partial charge is 0.368 e. The first-order valence-corrected chi connectivity index (χ1v) is 10.7. The molecule has 0 radical (unpaired) electrons. The van der Waals surface area contributed by atoms with Crippen LogP contribution in [0.2, 0.25) is 0 Å². The van der Waals surface area contributed by atoms with Gasteiger partial charge < -0.3 is 15.1 Å². The fraction of sp³-hybridized carbons (Fsp3) is 0.375. The van der Waals surface area contributed by atoms with E-state index in [2.05, 4.69) is 22.3 Å². The number of hydrogen-bond donors (Lipinski definition) is 1. The zero-order valence-corrected chi connectivity index (χ0v) is 17.8. The van der Waals surface area contributed by atoms with Gasteiger partial charge >= 0.3 is 6.03 Å². The fourth-order valence-electron chi connectivity index (χ4n) is 4.19. The number of carbonyl (C=O) groups excluding carboxylic acids is 3. The van der Waals surface area contributed by atoms with E-state index in [9.17, 15) is 14.4 Å². The van der Waals surface area contributed by atoms with Gasteiger partial charge in [0.05, 0.1) is 0 Å². The normalized spacial score (nSPS) is 21.4. The van der Waals surface area contributed by atoms with Crippen LogP contribution in [0, 0.1) is 0 Å². The lowest BCUT2D eigenvalue weighted by atomic mass is 9.93. The van der Waals surface area contributed by atoms with Gasteiger partial charge in [-0.15, -0.1) is 0 Å². The molecule has 0 bridgehead atoms. The molecule has 0 spiro atoms. The van der Waals surface area contributed by atoms with Crippen molar-refractivity contribution in [2.45, 2.75) is 25.3 Å². The van der Waals surface area contributed by atoms with Gasteiger partial charge in [0.25, 0.3) is 5.91 Å². The Balaban J connectivity index is 1.32. The van der Waals surface area contributed by atoms with Gasteiger partial charge in [0.1, 0.15) is 12.1 Å². The average molecular weight is 421 g/mol. The molecule has 2 aliphatic rings. The number of piperazine rings is 1. The van der Waals surface area contributed by atoms with E-state index < -0.39 is 11.6 Å². The summed E-state index contributed by atoms with van der Waals surface area (Å²) in [5.41, 5.74) is 1.26. The molecule has 2 heterocycles. The summed E-state index contributed by atoms with van der Waals surface area (Å²) in [4.78, 5) is 43.3. The first-order chi connectivity index (χ1) is 15.0. The van der Waals surface area contributed by atoms with Crippen LogP contribution in [0.25, 0.3) is 0 Å². The number of urea groups is 1. The molecule has 0 unspecified atom stereocenters. The lowest BCUT2D eigenvalue weighted by molar-refractivity contribution is -0.139. The van der Waals surface area contributed by atoms with Crippen LogP contribution in [0.5, 0.6) is 0 Å². The minimum atomic E-state index is -0.987. The number of aryl methyl sites for hydroxylation is 1. The molecule has 31 heavy (non-hydrogen) atoms. The van der Waals surface area contributed by atoms with Crippen LogP contribution in [0.4, 0.5) is 10.5 Å². The number of hydrogen-bond acceptors (Lipinski definition) is 4. The van der Waals surface area contributed by atoms with Crippen molar-refractivity contribution >= 4 is 23.5 Å². The van der Waals surface area contributed by atoms with E-state index in [0.29, 0.717) is 25.9 Å². The predicted octanol–water partition coefficient (Wildman–Crippen LogP) is 2.28. The molecular formula is C24H28N4O3. The van der Waals surface area contributed by atoms with E-state index >= 15 is 0 Å². The molecule has 2 aliphatic heterocycles. The van der Waals surface area contributed by atoms with Crippen molar-refractivity contribution in [2.24, 2.45) is 0 Å². The highest BCUT2D eigenvalue weighted by Crippen LogP contribution is 2.24. The molecule has 0 aromatic heterocycles. The van der Waals surface area contributed by atoms with Gasteiger partial charge in [0.15, 0.2) is 0 Å². The van der Waals surface area contributed by atoms with E-state index in [1.165, 1.54) is 0 Å². The number of para-hydroxylation sites is 1. The molecule has 7 heteroatoms. The van der Waals surface area contributed by atoms with Crippen LogP contribution >= 0.6 is 0 Å². The molecule has 2 aromatic rings. The third kappa shape index (κ3) is 4.55. The van der Waals surface area contributed by atoms with Gasteiger partial charge in [0, 0.05) is 31.9 Å². The van der Waals surface area contributed by atoms with Crippen molar-refractivity contribution in [1.29, 1.82) is 0 Å². The first kappa shape index (κ1) is 20.9. The smallest absolute Gasteiger partial charge is 0.325 e.